The molecular weight excluding hydrogens is 454 g/mol. The molecule has 3 aromatic heterocycles. The molecule has 0 bridgehead atoms. The van der Waals surface area contributed by atoms with E-state index in [4.69, 9.17) is 27.6 Å². The summed E-state index contributed by atoms with van der Waals surface area (Å²) in [7, 11) is 0. The van der Waals surface area contributed by atoms with Crippen LogP contribution in [0.4, 0.5) is 13.2 Å². The third-order valence-corrected chi connectivity index (χ3v) is 4.88. The maximum Gasteiger partial charge on any atom is 0.435 e. The Balaban J connectivity index is 2.07. The fraction of sp³-hybridized carbons (Fsp3) is 0.200. The van der Waals surface area contributed by atoms with Crippen molar-refractivity contribution in [1.82, 2.24) is 19.7 Å². The minimum atomic E-state index is -4.70. The van der Waals surface area contributed by atoms with Gasteiger partial charge in [-0.3, -0.25) is 4.99 Å². The zero-order chi connectivity index (χ0) is 22.3. The summed E-state index contributed by atoms with van der Waals surface area (Å²) >= 11 is 12.3. The zero-order valence-electron chi connectivity index (χ0n) is 16.2. The van der Waals surface area contributed by atoms with Gasteiger partial charge >= 0.3 is 6.18 Å². The van der Waals surface area contributed by atoms with Crippen molar-refractivity contribution in [3.63, 3.8) is 0 Å². The van der Waals surface area contributed by atoms with Crippen LogP contribution in [0.2, 0.25) is 10.0 Å². The van der Waals surface area contributed by atoms with Crippen LogP contribution in [-0.4, -0.2) is 26.3 Å². The van der Waals surface area contributed by atoms with Crippen molar-refractivity contribution in [2.75, 3.05) is 6.54 Å². The highest BCUT2D eigenvalue weighted by Gasteiger charge is 2.36. The molecule has 1 aromatic carbocycles. The lowest BCUT2D eigenvalue weighted by molar-refractivity contribution is -0.141. The summed E-state index contributed by atoms with van der Waals surface area (Å²) in [6, 6.07) is 7.24. The first-order valence-electron chi connectivity index (χ1n) is 9.09. The minimum Gasteiger partial charge on any atom is -0.418 e. The van der Waals surface area contributed by atoms with E-state index in [1.54, 1.807) is 32.0 Å². The highest BCUT2D eigenvalue weighted by atomic mass is 35.5. The van der Waals surface area contributed by atoms with Gasteiger partial charge in [-0.25, -0.2) is 14.6 Å². The van der Waals surface area contributed by atoms with Gasteiger partial charge in [-0.15, -0.1) is 0 Å². The van der Waals surface area contributed by atoms with Gasteiger partial charge in [-0.2, -0.15) is 18.3 Å². The van der Waals surface area contributed by atoms with Crippen molar-refractivity contribution in [2.24, 2.45) is 4.99 Å². The van der Waals surface area contributed by atoms with Crippen LogP contribution >= 0.6 is 23.2 Å². The second kappa shape index (κ2) is 7.97. The SMILES string of the molecule is CC/N=c1\oc(-c2cc(C(F)(F)F)nn2-c2ncccc2Cl)nc2c(C)cc(Cl)cc12. The molecule has 11 heteroatoms. The molecule has 160 valence electrons. The molecule has 0 saturated heterocycles. The van der Waals surface area contributed by atoms with E-state index >= 15 is 0 Å². The molecule has 0 saturated carbocycles. The van der Waals surface area contributed by atoms with E-state index in [9.17, 15) is 13.2 Å². The van der Waals surface area contributed by atoms with Crippen molar-refractivity contribution in [3.8, 4) is 17.4 Å². The van der Waals surface area contributed by atoms with E-state index in [0.29, 0.717) is 28.0 Å². The van der Waals surface area contributed by atoms with Crippen molar-refractivity contribution in [2.45, 2.75) is 20.0 Å². The lowest BCUT2D eigenvalue weighted by Crippen LogP contribution is -2.10. The smallest absolute Gasteiger partial charge is 0.418 e. The van der Waals surface area contributed by atoms with Crippen LogP contribution in [-0.2, 0) is 6.18 Å². The Kier molecular flexibility index (Phi) is 5.49. The summed E-state index contributed by atoms with van der Waals surface area (Å²) < 4.78 is 47.2. The molecule has 3 heterocycles. The maximum atomic E-state index is 13.5. The van der Waals surface area contributed by atoms with Crippen LogP contribution in [0, 0.1) is 6.92 Å². The monoisotopic (exact) mass is 467 g/mol. The third kappa shape index (κ3) is 4.03. The second-order valence-corrected chi connectivity index (χ2v) is 7.39. The fourth-order valence-electron chi connectivity index (χ4n) is 3.06. The average molecular weight is 468 g/mol. The fourth-order valence-corrected chi connectivity index (χ4v) is 3.53. The molecule has 0 aliphatic rings. The standard InChI is InChI=1S/C20H14Cl2F3N5O/c1-3-26-18-12-8-11(21)7-10(2)16(12)28-19(31-18)14-9-15(20(23,24)25)29-30(14)17-13(22)5-4-6-27-17/h4-9H,3H2,1-2H3/b26-18-. The van der Waals surface area contributed by atoms with Crippen LogP contribution in [0.25, 0.3) is 28.3 Å². The number of aromatic nitrogens is 4. The number of pyridine rings is 1. The number of rotatable bonds is 3. The molecule has 0 aliphatic heterocycles. The van der Waals surface area contributed by atoms with Crippen molar-refractivity contribution in [1.29, 1.82) is 0 Å². The van der Waals surface area contributed by atoms with Gasteiger partial charge in [0, 0.05) is 23.8 Å². The summed E-state index contributed by atoms with van der Waals surface area (Å²) in [4.78, 5) is 12.8. The van der Waals surface area contributed by atoms with Crippen molar-refractivity contribution >= 4 is 34.1 Å². The summed E-state index contributed by atoms with van der Waals surface area (Å²) in [6.07, 6.45) is -3.30. The van der Waals surface area contributed by atoms with Crippen LogP contribution in [0.1, 0.15) is 18.2 Å². The minimum absolute atomic E-state index is 0.00794. The predicted octanol–water partition coefficient (Wildman–Crippen LogP) is 5.63. The summed E-state index contributed by atoms with van der Waals surface area (Å²) in [5.74, 6) is -0.108. The number of nitrogens with zero attached hydrogens (tertiary/aromatic N) is 5. The topological polar surface area (TPSA) is 69.1 Å². The van der Waals surface area contributed by atoms with Gasteiger partial charge in [-0.1, -0.05) is 23.2 Å². The van der Waals surface area contributed by atoms with E-state index in [0.717, 1.165) is 10.7 Å². The number of halogens is 5. The Morgan fingerprint density at radius 1 is 1.19 bits per heavy atom. The number of hydrogen-bond acceptors (Lipinski definition) is 5. The Morgan fingerprint density at radius 3 is 2.65 bits per heavy atom. The molecule has 0 fully saturated rings. The molecule has 0 unspecified atom stereocenters. The normalized spacial score (nSPS) is 12.7. The summed E-state index contributed by atoms with van der Waals surface area (Å²) in [6.45, 7) is 3.97. The average Bonchev–Trinajstić information content (AvgIpc) is 3.14. The first-order chi connectivity index (χ1) is 14.7. The molecule has 4 rings (SSSR count). The van der Waals surface area contributed by atoms with Gasteiger partial charge in [0.05, 0.1) is 15.9 Å². The van der Waals surface area contributed by atoms with Crippen LogP contribution < -0.4 is 5.55 Å². The third-order valence-electron chi connectivity index (χ3n) is 4.36. The van der Waals surface area contributed by atoms with Crippen molar-refractivity contribution < 1.29 is 17.6 Å². The van der Waals surface area contributed by atoms with Gasteiger partial charge in [0.15, 0.2) is 11.5 Å². The van der Waals surface area contributed by atoms with Gasteiger partial charge in [0.2, 0.25) is 11.4 Å². The number of aryl methyl sites for hydroxylation is 1. The second-order valence-electron chi connectivity index (χ2n) is 6.55. The molecule has 0 spiro atoms. The van der Waals surface area contributed by atoms with E-state index in [1.807, 2.05) is 0 Å². The molecule has 31 heavy (non-hydrogen) atoms. The van der Waals surface area contributed by atoms with Crippen LogP contribution in [0.5, 0.6) is 0 Å². The number of benzene rings is 1. The molecule has 0 amide bonds. The van der Waals surface area contributed by atoms with Gasteiger partial charge in [0.1, 0.15) is 5.69 Å². The number of alkyl halides is 3. The summed E-state index contributed by atoms with van der Waals surface area (Å²) in [5.41, 5.74) is 0.192. The van der Waals surface area contributed by atoms with Gasteiger partial charge in [-0.05, 0) is 43.7 Å². The Hall–Kier alpha value is -2.91. The number of hydrogen-bond donors (Lipinski definition) is 0. The Bertz CT molecular complexity index is 1360. The zero-order valence-corrected chi connectivity index (χ0v) is 17.7. The highest BCUT2D eigenvalue weighted by Crippen LogP contribution is 2.34. The molecule has 0 atom stereocenters. The van der Waals surface area contributed by atoms with E-state index in [1.165, 1.54) is 12.3 Å². The Morgan fingerprint density at radius 2 is 1.97 bits per heavy atom. The maximum absolute atomic E-state index is 13.5. The number of fused-ring (bicyclic) bond motifs is 1. The molecule has 4 aromatic rings. The van der Waals surface area contributed by atoms with Crippen LogP contribution in [0.15, 0.2) is 45.9 Å². The molecule has 0 radical (unpaired) electrons. The van der Waals surface area contributed by atoms with Gasteiger partial charge < -0.3 is 4.42 Å². The van der Waals surface area contributed by atoms with Gasteiger partial charge in [0.25, 0.3) is 0 Å². The first kappa shape index (κ1) is 21.3. The van der Waals surface area contributed by atoms with E-state index in [2.05, 4.69) is 20.1 Å². The first-order valence-corrected chi connectivity index (χ1v) is 9.84. The lowest BCUT2D eigenvalue weighted by Gasteiger charge is -2.09. The highest BCUT2D eigenvalue weighted by molar-refractivity contribution is 6.32. The predicted molar refractivity (Wildman–Crippen MR) is 110 cm³/mol. The lowest BCUT2D eigenvalue weighted by atomic mass is 10.1. The van der Waals surface area contributed by atoms with E-state index in [-0.39, 0.29) is 28.0 Å². The Labute approximate surface area is 184 Å². The van der Waals surface area contributed by atoms with Crippen molar-refractivity contribution in [3.05, 3.63) is 63.4 Å². The summed E-state index contributed by atoms with van der Waals surface area (Å²) in [5, 5.41) is 4.80. The molecular formula is C20H14Cl2F3N5O. The van der Waals surface area contributed by atoms with Crippen LogP contribution in [0.3, 0.4) is 0 Å². The molecule has 0 N–H and O–H groups in total. The van der Waals surface area contributed by atoms with E-state index < -0.39 is 11.9 Å². The largest absolute Gasteiger partial charge is 0.435 e. The molecule has 6 nitrogen and oxygen atoms in total. The quantitative estimate of drug-likeness (QED) is 0.391. The molecule has 0 aliphatic carbocycles.